The van der Waals surface area contributed by atoms with Crippen LogP contribution in [0.5, 0.6) is 0 Å². The molecule has 0 spiro atoms. The summed E-state index contributed by atoms with van der Waals surface area (Å²) in [6, 6.07) is -0.667. The number of hydrogen-bond donors (Lipinski definition) is 1. The second-order valence-electron chi connectivity index (χ2n) is 6.78. The summed E-state index contributed by atoms with van der Waals surface area (Å²) in [7, 11) is 0. The first-order chi connectivity index (χ1) is 8.85. The van der Waals surface area contributed by atoms with E-state index in [2.05, 4.69) is 26.1 Å². The molecule has 0 aromatic carbocycles. The third-order valence-electron chi connectivity index (χ3n) is 4.59. The van der Waals surface area contributed by atoms with Crippen LogP contribution in [0.2, 0.25) is 0 Å². The Labute approximate surface area is 115 Å². The van der Waals surface area contributed by atoms with E-state index in [1.807, 2.05) is 11.8 Å². The van der Waals surface area contributed by atoms with Crippen molar-refractivity contribution >= 4 is 11.8 Å². The molecule has 1 aliphatic carbocycles. The maximum absolute atomic E-state index is 12.7. The van der Waals surface area contributed by atoms with Gasteiger partial charge in [-0.05, 0) is 39.0 Å². The van der Waals surface area contributed by atoms with E-state index < -0.39 is 0 Å². The summed E-state index contributed by atoms with van der Waals surface area (Å²) in [5, 5.41) is 2.89. The molecule has 2 atom stereocenters. The molecule has 1 saturated carbocycles. The first kappa shape index (κ1) is 14.4. The van der Waals surface area contributed by atoms with Gasteiger partial charge in [0.1, 0.15) is 12.1 Å². The van der Waals surface area contributed by atoms with Crippen LogP contribution < -0.4 is 5.32 Å². The van der Waals surface area contributed by atoms with E-state index in [-0.39, 0.29) is 29.4 Å². The van der Waals surface area contributed by atoms with Gasteiger partial charge < -0.3 is 10.2 Å². The Bertz CT molecular complexity index is 372. The lowest BCUT2D eigenvalue weighted by Crippen LogP contribution is -2.67. The molecular weight excluding hydrogens is 240 g/mol. The molecule has 0 bridgehead atoms. The van der Waals surface area contributed by atoms with Crippen LogP contribution in [0.3, 0.4) is 0 Å². The number of nitrogens with zero attached hydrogens (tertiary/aromatic N) is 1. The van der Waals surface area contributed by atoms with Crippen molar-refractivity contribution < 1.29 is 9.59 Å². The van der Waals surface area contributed by atoms with E-state index in [9.17, 15) is 9.59 Å². The highest BCUT2D eigenvalue weighted by Crippen LogP contribution is 2.37. The van der Waals surface area contributed by atoms with Crippen molar-refractivity contribution in [2.75, 3.05) is 0 Å². The third-order valence-corrected chi connectivity index (χ3v) is 4.59. The minimum absolute atomic E-state index is 0.00150. The van der Waals surface area contributed by atoms with Crippen molar-refractivity contribution in [3.8, 4) is 0 Å². The molecule has 2 rings (SSSR count). The molecule has 0 aromatic rings. The summed E-state index contributed by atoms with van der Waals surface area (Å²) >= 11 is 0. The average molecular weight is 266 g/mol. The van der Waals surface area contributed by atoms with Crippen molar-refractivity contribution in [2.45, 2.75) is 77.4 Å². The predicted molar refractivity (Wildman–Crippen MR) is 74.6 cm³/mol. The Kier molecular flexibility index (Phi) is 3.88. The number of hydrogen-bond acceptors (Lipinski definition) is 2. The van der Waals surface area contributed by atoms with Crippen LogP contribution in [0, 0.1) is 5.92 Å². The van der Waals surface area contributed by atoms with Gasteiger partial charge >= 0.3 is 0 Å². The fourth-order valence-electron chi connectivity index (χ4n) is 3.57. The zero-order valence-corrected chi connectivity index (χ0v) is 12.5. The van der Waals surface area contributed by atoms with Crippen LogP contribution >= 0.6 is 0 Å². The molecule has 4 nitrogen and oxygen atoms in total. The summed E-state index contributed by atoms with van der Waals surface area (Å²) in [5.74, 6) is 0.518. The number of amides is 2. The van der Waals surface area contributed by atoms with Crippen LogP contribution in [0.4, 0.5) is 0 Å². The molecule has 19 heavy (non-hydrogen) atoms. The Hall–Kier alpha value is -1.06. The number of rotatable bonds is 3. The van der Waals surface area contributed by atoms with Gasteiger partial charge in [-0.3, -0.25) is 9.59 Å². The minimum Gasteiger partial charge on any atom is -0.343 e. The van der Waals surface area contributed by atoms with E-state index in [0.29, 0.717) is 5.92 Å². The number of carbonyl (C=O) groups is 2. The molecule has 0 aromatic heterocycles. The fraction of sp³-hybridized carbons (Fsp3) is 0.867. The topological polar surface area (TPSA) is 49.4 Å². The Balaban J connectivity index is 2.23. The maximum Gasteiger partial charge on any atom is 0.246 e. The molecule has 4 heteroatoms. The molecule has 1 heterocycles. The Morgan fingerprint density at radius 1 is 1.32 bits per heavy atom. The third kappa shape index (κ3) is 2.63. The van der Waals surface area contributed by atoms with Crippen LogP contribution in [-0.4, -0.2) is 34.3 Å². The maximum atomic E-state index is 12.7. The summed E-state index contributed by atoms with van der Waals surface area (Å²) in [4.78, 5) is 26.7. The van der Waals surface area contributed by atoms with Crippen LogP contribution in [-0.2, 0) is 9.59 Å². The summed E-state index contributed by atoms with van der Waals surface area (Å²) in [5.41, 5.74) is -0.122. The van der Waals surface area contributed by atoms with E-state index in [1.54, 1.807) is 0 Å². The molecule has 1 aliphatic heterocycles. The van der Waals surface area contributed by atoms with Gasteiger partial charge in [-0.25, -0.2) is 0 Å². The van der Waals surface area contributed by atoms with Gasteiger partial charge in [-0.1, -0.05) is 26.7 Å². The lowest BCUT2D eigenvalue weighted by atomic mass is 9.90. The first-order valence-corrected chi connectivity index (χ1v) is 7.49. The van der Waals surface area contributed by atoms with Gasteiger partial charge in [-0.15, -0.1) is 0 Å². The molecule has 2 unspecified atom stereocenters. The van der Waals surface area contributed by atoms with Gasteiger partial charge in [-0.2, -0.15) is 0 Å². The second kappa shape index (κ2) is 5.14. The molecule has 1 N–H and O–H groups in total. The van der Waals surface area contributed by atoms with Crippen LogP contribution in [0.25, 0.3) is 0 Å². The summed E-state index contributed by atoms with van der Waals surface area (Å²) in [6.45, 7) is 8.15. The largest absolute Gasteiger partial charge is 0.343 e. The van der Waals surface area contributed by atoms with Gasteiger partial charge in [0.25, 0.3) is 0 Å². The molecule has 2 fully saturated rings. The lowest BCUT2D eigenvalue weighted by Gasteiger charge is -2.47. The zero-order chi connectivity index (χ0) is 14.2. The number of nitrogens with one attached hydrogen (secondary N) is 1. The highest BCUT2D eigenvalue weighted by molar-refractivity contribution is 5.97. The Morgan fingerprint density at radius 2 is 1.89 bits per heavy atom. The minimum atomic E-state index is -0.334. The predicted octanol–water partition coefficient (Wildman–Crippen LogP) is 2.08. The highest BCUT2D eigenvalue weighted by Gasteiger charge is 2.47. The molecule has 1 saturated heterocycles. The van der Waals surface area contributed by atoms with Gasteiger partial charge in [0.2, 0.25) is 11.8 Å². The van der Waals surface area contributed by atoms with E-state index in [0.717, 1.165) is 32.1 Å². The van der Waals surface area contributed by atoms with E-state index >= 15 is 0 Å². The fourth-order valence-corrected chi connectivity index (χ4v) is 3.57. The van der Waals surface area contributed by atoms with Gasteiger partial charge in [0, 0.05) is 5.54 Å². The SMILES string of the molecule is CC(C)CC1NC(=O)C(C)N(C2(C)CCCC2)C1=O. The second-order valence-corrected chi connectivity index (χ2v) is 6.78. The first-order valence-electron chi connectivity index (χ1n) is 7.49. The van der Waals surface area contributed by atoms with E-state index in [1.165, 1.54) is 0 Å². The van der Waals surface area contributed by atoms with Gasteiger partial charge in [0.05, 0.1) is 0 Å². The number of carbonyl (C=O) groups excluding carboxylic acids is 2. The van der Waals surface area contributed by atoms with Gasteiger partial charge in [0.15, 0.2) is 0 Å². The number of piperazine rings is 1. The Morgan fingerprint density at radius 3 is 2.42 bits per heavy atom. The smallest absolute Gasteiger partial charge is 0.246 e. The molecule has 108 valence electrons. The summed E-state index contributed by atoms with van der Waals surface area (Å²) < 4.78 is 0. The molecule has 0 radical (unpaired) electrons. The molecular formula is C15H26N2O2. The quantitative estimate of drug-likeness (QED) is 0.850. The van der Waals surface area contributed by atoms with Crippen molar-refractivity contribution in [1.29, 1.82) is 0 Å². The van der Waals surface area contributed by atoms with E-state index in [4.69, 9.17) is 0 Å². The monoisotopic (exact) mass is 266 g/mol. The van der Waals surface area contributed by atoms with Crippen molar-refractivity contribution in [3.05, 3.63) is 0 Å². The standard InChI is InChI=1S/C15H26N2O2/c1-10(2)9-12-14(19)17(11(3)13(18)16-12)15(4)7-5-6-8-15/h10-12H,5-9H2,1-4H3,(H,16,18). The highest BCUT2D eigenvalue weighted by atomic mass is 16.2. The zero-order valence-electron chi connectivity index (χ0n) is 12.5. The molecule has 2 aliphatic rings. The van der Waals surface area contributed by atoms with Crippen molar-refractivity contribution in [3.63, 3.8) is 0 Å². The van der Waals surface area contributed by atoms with Crippen molar-refractivity contribution in [2.24, 2.45) is 5.92 Å². The van der Waals surface area contributed by atoms with Crippen LogP contribution in [0.1, 0.15) is 59.8 Å². The van der Waals surface area contributed by atoms with Crippen LogP contribution in [0.15, 0.2) is 0 Å². The summed E-state index contributed by atoms with van der Waals surface area (Å²) in [6.07, 6.45) is 5.08. The lowest BCUT2D eigenvalue weighted by molar-refractivity contribution is -0.156. The average Bonchev–Trinajstić information content (AvgIpc) is 2.73. The normalized spacial score (nSPS) is 30.9. The van der Waals surface area contributed by atoms with Crippen molar-refractivity contribution in [1.82, 2.24) is 10.2 Å². The molecule has 2 amide bonds.